The van der Waals surface area contributed by atoms with E-state index in [4.69, 9.17) is 9.47 Å². The zero-order valence-corrected chi connectivity index (χ0v) is 16.4. The number of anilines is 1. The fraction of sp³-hybridized carbons (Fsp3) is 0.176. The number of fused-ring (bicyclic) bond motifs is 1. The molecule has 0 saturated carbocycles. The number of rotatable bonds is 6. The lowest BCUT2D eigenvalue weighted by molar-refractivity contribution is 0.0962. The number of hydrazine groups is 1. The molecular formula is C17H17N3O5S2. The van der Waals surface area contributed by atoms with Gasteiger partial charge in [-0.1, -0.05) is 11.3 Å². The first-order valence-electron chi connectivity index (χ1n) is 7.71. The van der Waals surface area contributed by atoms with Crippen LogP contribution >= 0.6 is 11.3 Å². The normalized spacial score (nSPS) is 11.2. The first-order chi connectivity index (χ1) is 12.8. The Bertz CT molecular complexity index is 1050. The summed E-state index contributed by atoms with van der Waals surface area (Å²) in [4.78, 5) is 16.8. The highest BCUT2D eigenvalue weighted by atomic mass is 32.2. The molecule has 0 atom stereocenters. The van der Waals surface area contributed by atoms with Crippen molar-refractivity contribution >= 4 is 42.4 Å². The van der Waals surface area contributed by atoms with Crippen LogP contribution in [0.3, 0.4) is 0 Å². The summed E-state index contributed by atoms with van der Waals surface area (Å²) in [6.45, 7) is 0. The van der Waals surface area contributed by atoms with Crippen molar-refractivity contribution in [3.63, 3.8) is 0 Å². The summed E-state index contributed by atoms with van der Waals surface area (Å²) in [5.74, 6) is 0.824. The van der Waals surface area contributed by atoms with Crippen LogP contribution in [0.25, 0.3) is 10.2 Å². The number of ether oxygens (including phenoxy) is 2. The number of methoxy groups -OCH3 is 2. The average Bonchev–Trinajstić information content (AvgIpc) is 3.09. The molecule has 8 nitrogen and oxygen atoms in total. The van der Waals surface area contributed by atoms with Gasteiger partial charge in [0.15, 0.2) is 9.84 Å². The van der Waals surface area contributed by atoms with Crippen molar-refractivity contribution in [2.45, 2.75) is 4.90 Å². The molecule has 0 aliphatic rings. The minimum Gasteiger partial charge on any atom is -0.495 e. The SMILES string of the molecule is COc1ccc(OC)c2sc(NNC(=O)c3ccc(S(C)(=O)=O)cc3)nc12. The number of nitrogens with zero attached hydrogens (tertiary/aromatic N) is 1. The van der Waals surface area contributed by atoms with Crippen LogP contribution in [0, 0.1) is 0 Å². The summed E-state index contributed by atoms with van der Waals surface area (Å²) in [6, 6.07) is 9.20. The van der Waals surface area contributed by atoms with Gasteiger partial charge in [0.1, 0.15) is 21.7 Å². The molecule has 2 N–H and O–H groups in total. The zero-order valence-electron chi connectivity index (χ0n) is 14.8. The number of hydrogen-bond acceptors (Lipinski definition) is 8. The molecule has 0 unspecified atom stereocenters. The van der Waals surface area contributed by atoms with Gasteiger partial charge in [0.25, 0.3) is 5.91 Å². The van der Waals surface area contributed by atoms with Gasteiger partial charge >= 0.3 is 0 Å². The van der Waals surface area contributed by atoms with Gasteiger partial charge in [0.2, 0.25) is 5.13 Å². The molecule has 142 valence electrons. The lowest BCUT2D eigenvalue weighted by atomic mass is 10.2. The number of nitrogens with one attached hydrogen (secondary N) is 2. The minimum atomic E-state index is -3.31. The van der Waals surface area contributed by atoms with E-state index in [1.807, 2.05) is 0 Å². The van der Waals surface area contributed by atoms with Crippen molar-refractivity contribution in [1.82, 2.24) is 10.4 Å². The average molecular weight is 407 g/mol. The van der Waals surface area contributed by atoms with Gasteiger partial charge in [0, 0.05) is 11.8 Å². The Kier molecular flexibility index (Phi) is 5.19. The molecular weight excluding hydrogens is 390 g/mol. The molecule has 27 heavy (non-hydrogen) atoms. The van der Waals surface area contributed by atoms with Crippen LogP contribution in [0.4, 0.5) is 5.13 Å². The van der Waals surface area contributed by atoms with Crippen LogP contribution in [0.15, 0.2) is 41.3 Å². The van der Waals surface area contributed by atoms with E-state index >= 15 is 0 Å². The Morgan fingerprint density at radius 1 is 1.04 bits per heavy atom. The predicted octanol–water partition coefficient (Wildman–Crippen LogP) is 2.47. The van der Waals surface area contributed by atoms with Crippen LogP contribution < -0.4 is 20.3 Å². The predicted molar refractivity (Wildman–Crippen MR) is 103 cm³/mol. The molecule has 3 aromatic rings. The Balaban J connectivity index is 1.77. The topological polar surface area (TPSA) is 107 Å². The van der Waals surface area contributed by atoms with E-state index in [-0.39, 0.29) is 4.90 Å². The minimum absolute atomic E-state index is 0.150. The second kappa shape index (κ2) is 7.41. The number of aromatic nitrogens is 1. The summed E-state index contributed by atoms with van der Waals surface area (Å²) in [5, 5.41) is 0.453. The van der Waals surface area contributed by atoms with E-state index in [0.29, 0.717) is 27.7 Å². The van der Waals surface area contributed by atoms with Crippen molar-refractivity contribution in [1.29, 1.82) is 0 Å². The number of thiazole rings is 1. The monoisotopic (exact) mass is 407 g/mol. The number of benzene rings is 2. The van der Waals surface area contributed by atoms with Gasteiger partial charge in [0.05, 0.1) is 19.1 Å². The van der Waals surface area contributed by atoms with E-state index in [0.717, 1.165) is 11.0 Å². The van der Waals surface area contributed by atoms with Crippen LogP contribution in [0.1, 0.15) is 10.4 Å². The van der Waals surface area contributed by atoms with Crippen molar-refractivity contribution < 1.29 is 22.7 Å². The molecule has 0 aliphatic heterocycles. The zero-order chi connectivity index (χ0) is 19.6. The van der Waals surface area contributed by atoms with E-state index in [9.17, 15) is 13.2 Å². The van der Waals surface area contributed by atoms with Gasteiger partial charge < -0.3 is 9.47 Å². The fourth-order valence-electron chi connectivity index (χ4n) is 2.37. The quantitative estimate of drug-likeness (QED) is 0.605. The molecule has 10 heteroatoms. The number of carbonyl (C=O) groups excluding carboxylic acids is 1. The van der Waals surface area contributed by atoms with E-state index < -0.39 is 15.7 Å². The van der Waals surface area contributed by atoms with Gasteiger partial charge in [-0.25, -0.2) is 13.4 Å². The third-order valence-corrected chi connectivity index (χ3v) is 5.85. The molecule has 0 saturated heterocycles. The molecule has 0 bridgehead atoms. The standard InChI is InChI=1S/C17H17N3O5S2/c1-24-12-8-9-13(25-2)15-14(12)18-17(26-15)20-19-16(21)10-4-6-11(7-5-10)27(3,22)23/h4-9H,1-3H3,(H,18,20)(H,19,21). The highest BCUT2D eigenvalue weighted by Gasteiger charge is 2.15. The molecule has 0 fully saturated rings. The molecule has 3 rings (SSSR count). The summed E-state index contributed by atoms with van der Waals surface area (Å²) >= 11 is 1.30. The molecule has 0 radical (unpaired) electrons. The third-order valence-electron chi connectivity index (χ3n) is 3.74. The Morgan fingerprint density at radius 3 is 2.26 bits per heavy atom. The summed E-state index contributed by atoms with van der Waals surface area (Å²) in [5.41, 5.74) is 6.23. The maximum atomic E-state index is 12.2. The molecule has 2 aromatic carbocycles. The Labute approximate surface area is 160 Å². The van der Waals surface area contributed by atoms with Gasteiger partial charge in [-0.2, -0.15) is 0 Å². The second-order valence-corrected chi connectivity index (χ2v) is 8.56. The van der Waals surface area contributed by atoms with E-state index in [1.165, 1.54) is 35.6 Å². The van der Waals surface area contributed by atoms with Crippen molar-refractivity contribution in [2.24, 2.45) is 0 Å². The lowest BCUT2D eigenvalue weighted by Crippen LogP contribution is -2.29. The maximum absolute atomic E-state index is 12.2. The number of amides is 1. The third kappa shape index (κ3) is 3.96. The number of hydrogen-bond donors (Lipinski definition) is 2. The maximum Gasteiger partial charge on any atom is 0.269 e. The Morgan fingerprint density at radius 2 is 1.67 bits per heavy atom. The highest BCUT2D eigenvalue weighted by Crippen LogP contribution is 2.38. The van der Waals surface area contributed by atoms with Gasteiger partial charge in [-0.15, -0.1) is 0 Å². The molecule has 0 aliphatic carbocycles. The number of sulfone groups is 1. The smallest absolute Gasteiger partial charge is 0.269 e. The van der Waals surface area contributed by atoms with Crippen molar-refractivity contribution in [3.05, 3.63) is 42.0 Å². The summed E-state index contributed by atoms with van der Waals surface area (Å²) in [7, 11) is -0.191. The van der Waals surface area contributed by atoms with Gasteiger partial charge in [-0.3, -0.25) is 15.6 Å². The first-order valence-corrected chi connectivity index (χ1v) is 10.4. The van der Waals surface area contributed by atoms with Crippen LogP contribution in [0.2, 0.25) is 0 Å². The van der Waals surface area contributed by atoms with Crippen LogP contribution in [-0.2, 0) is 9.84 Å². The largest absolute Gasteiger partial charge is 0.495 e. The van der Waals surface area contributed by atoms with Crippen LogP contribution in [-0.4, -0.2) is 39.8 Å². The Hall–Kier alpha value is -2.85. The molecule has 1 amide bonds. The molecule has 0 spiro atoms. The van der Waals surface area contributed by atoms with E-state index in [1.54, 1.807) is 26.4 Å². The second-order valence-electron chi connectivity index (χ2n) is 5.54. The van der Waals surface area contributed by atoms with Gasteiger partial charge in [-0.05, 0) is 36.4 Å². The highest BCUT2D eigenvalue weighted by molar-refractivity contribution is 7.90. The van der Waals surface area contributed by atoms with Crippen molar-refractivity contribution in [3.8, 4) is 11.5 Å². The van der Waals surface area contributed by atoms with Crippen LogP contribution in [0.5, 0.6) is 11.5 Å². The summed E-state index contributed by atoms with van der Waals surface area (Å²) < 4.78 is 34.4. The van der Waals surface area contributed by atoms with Crippen molar-refractivity contribution in [2.75, 3.05) is 25.9 Å². The first kappa shape index (κ1) is 18.9. The number of carbonyl (C=O) groups is 1. The van der Waals surface area contributed by atoms with E-state index in [2.05, 4.69) is 15.8 Å². The molecule has 1 aromatic heterocycles. The lowest BCUT2D eigenvalue weighted by Gasteiger charge is -2.06. The summed E-state index contributed by atoms with van der Waals surface area (Å²) in [6.07, 6.45) is 1.11. The molecule has 1 heterocycles. The fourth-order valence-corrected chi connectivity index (χ4v) is 3.93.